The van der Waals surface area contributed by atoms with E-state index in [-0.39, 0.29) is 6.42 Å². The predicted molar refractivity (Wildman–Crippen MR) is 76.2 cm³/mol. The lowest BCUT2D eigenvalue weighted by Crippen LogP contribution is -2.06. The molecular weight excluding hydrogens is 276 g/mol. The molecule has 0 saturated carbocycles. The maximum Gasteiger partial charge on any atom is 0.309 e. The van der Waals surface area contributed by atoms with Gasteiger partial charge in [-0.05, 0) is 25.5 Å². The zero-order valence-electron chi connectivity index (χ0n) is 11.2. The molecule has 0 spiro atoms. The quantitative estimate of drug-likeness (QED) is 0.801. The second-order valence-corrected chi connectivity index (χ2v) is 5.71. The molecule has 0 aliphatic heterocycles. The van der Waals surface area contributed by atoms with E-state index in [2.05, 4.69) is 11.9 Å². The van der Waals surface area contributed by atoms with Gasteiger partial charge in [-0.15, -0.1) is 11.3 Å². The molecule has 5 nitrogen and oxygen atoms in total. The maximum absolute atomic E-state index is 11.2. The summed E-state index contributed by atoms with van der Waals surface area (Å²) in [5, 5.41) is 9.17. The molecule has 3 aromatic rings. The van der Waals surface area contributed by atoms with Crippen molar-refractivity contribution in [3.05, 3.63) is 34.7 Å². The predicted octanol–water partition coefficient (Wildman–Crippen LogP) is 3.15. The minimum absolute atomic E-state index is 0.0691. The summed E-state index contributed by atoms with van der Waals surface area (Å²) in [5.41, 5.74) is 2.42. The summed E-state index contributed by atoms with van der Waals surface area (Å²) in [5.74, 6) is -0.262. The van der Waals surface area contributed by atoms with Crippen LogP contribution in [0.15, 0.2) is 22.8 Å². The highest BCUT2D eigenvalue weighted by atomic mass is 32.1. The van der Waals surface area contributed by atoms with E-state index in [9.17, 15) is 4.79 Å². The number of aromatic nitrogens is 2. The third-order valence-corrected chi connectivity index (χ3v) is 4.27. The number of aliphatic carboxylic acids is 1. The van der Waals surface area contributed by atoms with E-state index in [1.807, 2.05) is 11.3 Å². The van der Waals surface area contributed by atoms with Crippen molar-refractivity contribution < 1.29 is 14.3 Å². The van der Waals surface area contributed by atoms with Gasteiger partial charge in [0.1, 0.15) is 5.69 Å². The highest BCUT2D eigenvalue weighted by molar-refractivity contribution is 7.17. The zero-order chi connectivity index (χ0) is 14.3. The third kappa shape index (κ3) is 1.92. The minimum Gasteiger partial charge on any atom is -0.481 e. The summed E-state index contributed by atoms with van der Waals surface area (Å²) in [7, 11) is 0. The number of furan rings is 1. The van der Waals surface area contributed by atoms with Crippen LogP contribution in [0.3, 0.4) is 0 Å². The molecule has 0 fully saturated rings. The highest BCUT2D eigenvalue weighted by Crippen LogP contribution is 2.31. The first-order valence-corrected chi connectivity index (χ1v) is 7.18. The van der Waals surface area contributed by atoms with Crippen molar-refractivity contribution in [1.82, 2.24) is 9.38 Å². The highest BCUT2D eigenvalue weighted by Gasteiger charge is 2.22. The molecule has 0 amide bonds. The van der Waals surface area contributed by atoms with Gasteiger partial charge in [0, 0.05) is 10.6 Å². The fraction of sp³-hybridized carbons (Fsp3) is 0.286. The Kier molecular flexibility index (Phi) is 3.10. The number of hydrogen-bond acceptors (Lipinski definition) is 4. The van der Waals surface area contributed by atoms with Crippen molar-refractivity contribution in [2.45, 2.75) is 26.7 Å². The second kappa shape index (κ2) is 4.79. The topological polar surface area (TPSA) is 67.7 Å². The number of rotatable bonds is 4. The van der Waals surface area contributed by atoms with Crippen molar-refractivity contribution in [1.29, 1.82) is 0 Å². The van der Waals surface area contributed by atoms with Gasteiger partial charge < -0.3 is 9.52 Å². The summed E-state index contributed by atoms with van der Waals surface area (Å²) in [6, 6.07) is 3.58. The molecule has 3 rings (SSSR count). The number of nitrogens with zero attached hydrogens (tertiary/aromatic N) is 2. The van der Waals surface area contributed by atoms with E-state index >= 15 is 0 Å². The lowest BCUT2D eigenvalue weighted by atomic mass is 10.2. The smallest absolute Gasteiger partial charge is 0.309 e. The number of hydrogen-bond donors (Lipinski definition) is 1. The largest absolute Gasteiger partial charge is 0.481 e. The van der Waals surface area contributed by atoms with Crippen molar-refractivity contribution in [3.63, 3.8) is 0 Å². The molecule has 0 atom stereocenters. The molecule has 0 radical (unpaired) electrons. The normalized spacial score (nSPS) is 11.3. The van der Waals surface area contributed by atoms with Gasteiger partial charge in [0.05, 0.1) is 18.4 Å². The fourth-order valence-corrected chi connectivity index (χ4v) is 3.53. The number of carboxylic acids is 1. The van der Waals surface area contributed by atoms with Crippen molar-refractivity contribution >= 4 is 22.3 Å². The Hall–Kier alpha value is -2.08. The maximum atomic E-state index is 11.2. The zero-order valence-corrected chi connectivity index (χ0v) is 12.0. The van der Waals surface area contributed by atoms with Crippen LogP contribution in [0.4, 0.5) is 0 Å². The molecule has 0 aromatic carbocycles. The molecule has 0 unspecified atom stereocenters. The van der Waals surface area contributed by atoms with Gasteiger partial charge >= 0.3 is 5.97 Å². The van der Waals surface area contributed by atoms with Gasteiger partial charge in [-0.2, -0.15) is 0 Å². The van der Waals surface area contributed by atoms with E-state index < -0.39 is 5.97 Å². The van der Waals surface area contributed by atoms with Crippen LogP contribution in [0, 0.1) is 6.92 Å². The van der Waals surface area contributed by atoms with Crippen LogP contribution < -0.4 is 0 Å². The molecule has 3 heterocycles. The Bertz CT molecular complexity index is 768. The Morgan fingerprint density at radius 3 is 2.90 bits per heavy atom. The molecule has 0 saturated heterocycles. The lowest BCUT2D eigenvalue weighted by Gasteiger charge is -2.03. The summed E-state index contributed by atoms with van der Waals surface area (Å²) < 4.78 is 7.34. The average Bonchev–Trinajstić information content (AvgIpc) is 3.05. The molecule has 0 aliphatic carbocycles. The number of fused-ring (bicyclic) bond motifs is 1. The summed E-state index contributed by atoms with van der Waals surface area (Å²) in [6.45, 7) is 4.10. The molecule has 0 aliphatic rings. The van der Waals surface area contributed by atoms with Crippen molar-refractivity contribution in [2.24, 2.45) is 0 Å². The molecule has 3 aromatic heterocycles. The Balaban J connectivity index is 2.30. The monoisotopic (exact) mass is 290 g/mol. The summed E-state index contributed by atoms with van der Waals surface area (Å²) in [4.78, 5) is 17.7. The van der Waals surface area contributed by atoms with Gasteiger partial charge in [0.2, 0.25) is 0 Å². The van der Waals surface area contributed by atoms with Crippen LogP contribution >= 0.6 is 11.3 Å². The van der Waals surface area contributed by atoms with E-state index in [1.54, 1.807) is 29.7 Å². The van der Waals surface area contributed by atoms with Crippen LogP contribution in [-0.2, 0) is 17.6 Å². The molecule has 0 bridgehead atoms. The first-order valence-electron chi connectivity index (χ1n) is 6.37. The number of thiazole rings is 1. The van der Waals surface area contributed by atoms with E-state index in [1.165, 1.54) is 4.88 Å². The Morgan fingerprint density at radius 1 is 1.50 bits per heavy atom. The minimum atomic E-state index is -0.870. The molecule has 104 valence electrons. The standard InChI is InChI=1S/C14H14N2O3S/c1-3-9-8(2)20-14-15-13(11-5-4-6-19-11)10(16(9)14)7-12(17)18/h4-6H,3,7H2,1-2H3,(H,17,18). The SMILES string of the molecule is CCc1c(C)sc2nc(-c3ccco3)c(CC(=O)O)n12. The van der Waals surface area contributed by atoms with Gasteiger partial charge in [-0.3, -0.25) is 9.20 Å². The number of carboxylic acid groups (broad SMARTS) is 1. The molecule has 20 heavy (non-hydrogen) atoms. The van der Waals surface area contributed by atoms with E-state index in [0.29, 0.717) is 17.1 Å². The Labute approximate surface area is 119 Å². The summed E-state index contributed by atoms with van der Waals surface area (Å²) >= 11 is 1.58. The van der Waals surface area contributed by atoms with Crippen LogP contribution in [-0.4, -0.2) is 20.5 Å². The third-order valence-electron chi connectivity index (χ3n) is 3.27. The van der Waals surface area contributed by atoms with Gasteiger partial charge in [-0.25, -0.2) is 4.98 Å². The van der Waals surface area contributed by atoms with Gasteiger partial charge in [0.25, 0.3) is 0 Å². The molecule has 6 heteroatoms. The average molecular weight is 290 g/mol. The second-order valence-electron chi connectivity index (χ2n) is 4.53. The first-order chi connectivity index (χ1) is 9.61. The Morgan fingerprint density at radius 2 is 2.30 bits per heavy atom. The van der Waals surface area contributed by atoms with Crippen molar-refractivity contribution in [3.8, 4) is 11.5 Å². The lowest BCUT2D eigenvalue weighted by molar-refractivity contribution is -0.136. The number of imidazole rings is 1. The summed E-state index contributed by atoms with van der Waals surface area (Å²) in [6.07, 6.45) is 2.34. The van der Waals surface area contributed by atoms with Crippen LogP contribution in [0.2, 0.25) is 0 Å². The van der Waals surface area contributed by atoms with Crippen LogP contribution in [0.25, 0.3) is 16.4 Å². The van der Waals surface area contributed by atoms with Gasteiger partial charge in [0.15, 0.2) is 10.7 Å². The first kappa shape index (κ1) is 12.9. The fourth-order valence-electron chi connectivity index (χ4n) is 2.46. The van der Waals surface area contributed by atoms with E-state index in [4.69, 9.17) is 9.52 Å². The van der Waals surface area contributed by atoms with Gasteiger partial charge in [-0.1, -0.05) is 6.92 Å². The molecule has 1 N–H and O–H groups in total. The van der Waals surface area contributed by atoms with E-state index in [0.717, 1.165) is 17.1 Å². The molecular formula is C14H14N2O3S. The van der Waals surface area contributed by atoms with Crippen LogP contribution in [0.1, 0.15) is 23.2 Å². The van der Waals surface area contributed by atoms with Crippen LogP contribution in [0.5, 0.6) is 0 Å². The van der Waals surface area contributed by atoms with Crippen molar-refractivity contribution in [2.75, 3.05) is 0 Å². The number of aryl methyl sites for hydroxylation is 2. The number of carbonyl (C=O) groups is 1.